The number of aliphatic imine (C=N–C) groups is 1. The molecule has 0 saturated carbocycles. The summed E-state index contributed by atoms with van der Waals surface area (Å²) < 4.78 is 46.7. The van der Waals surface area contributed by atoms with Crippen molar-refractivity contribution >= 4 is 17.5 Å². The van der Waals surface area contributed by atoms with E-state index < -0.39 is 30.4 Å². The normalized spacial score (nSPS) is 14.7. The number of amides is 1. The summed E-state index contributed by atoms with van der Waals surface area (Å²) in [6, 6.07) is 7.92. The summed E-state index contributed by atoms with van der Waals surface area (Å²) in [4.78, 5) is 20.9. The lowest BCUT2D eigenvalue weighted by Crippen LogP contribution is -2.38. The van der Waals surface area contributed by atoms with E-state index in [0.29, 0.717) is 0 Å². The number of nitrogens with one attached hydrogen (secondary N) is 2. The molecule has 2 aromatic heterocycles. The van der Waals surface area contributed by atoms with Gasteiger partial charge in [-0.1, -0.05) is 18.2 Å². The highest BCUT2D eigenvalue weighted by Gasteiger charge is 2.33. The minimum absolute atomic E-state index is 0.00105. The summed E-state index contributed by atoms with van der Waals surface area (Å²) in [6.07, 6.45) is -3.05. The van der Waals surface area contributed by atoms with Crippen molar-refractivity contribution in [3.05, 3.63) is 65.9 Å². The number of carbonyl (C=O) groups is 1. The van der Waals surface area contributed by atoms with Crippen LogP contribution in [0.1, 0.15) is 16.1 Å². The predicted octanol–water partition coefficient (Wildman–Crippen LogP) is 1.32. The average molecular weight is 476 g/mol. The van der Waals surface area contributed by atoms with Crippen molar-refractivity contribution < 1.29 is 32.9 Å². The zero-order chi connectivity index (χ0) is 24.3. The molecule has 1 atom stereocenters. The first-order chi connectivity index (χ1) is 16.3. The number of carbonyl (C=O) groups excluding carboxylic acids is 1. The third-order valence-electron chi connectivity index (χ3n) is 4.77. The molecule has 13 heteroatoms. The van der Waals surface area contributed by atoms with E-state index in [4.69, 9.17) is 9.84 Å². The molecule has 1 amide bonds. The number of fused-ring (bicyclic) bond motifs is 1. The Morgan fingerprint density at radius 3 is 2.76 bits per heavy atom. The summed E-state index contributed by atoms with van der Waals surface area (Å²) in [5.74, 6) is -0.126. The van der Waals surface area contributed by atoms with Gasteiger partial charge in [0, 0.05) is 5.56 Å². The molecule has 3 heterocycles. The Balaban J connectivity index is 1.55. The van der Waals surface area contributed by atoms with Gasteiger partial charge in [-0.2, -0.15) is 18.3 Å². The predicted molar refractivity (Wildman–Crippen MR) is 113 cm³/mol. The maximum absolute atomic E-state index is 13.4. The van der Waals surface area contributed by atoms with Crippen molar-refractivity contribution in [1.29, 1.82) is 0 Å². The van der Waals surface area contributed by atoms with E-state index in [1.165, 1.54) is 42.7 Å². The fourth-order valence-electron chi connectivity index (χ4n) is 3.12. The number of hydrogen-bond donors (Lipinski definition) is 4. The van der Waals surface area contributed by atoms with E-state index in [-0.39, 0.29) is 47.5 Å². The number of ether oxygens (including phenoxy) is 1. The van der Waals surface area contributed by atoms with Crippen LogP contribution in [0.15, 0.2) is 59.6 Å². The van der Waals surface area contributed by atoms with Crippen molar-refractivity contribution in [2.24, 2.45) is 4.99 Å². The highest BCUT2D eigenvalue weighted by molar-refractivity contribution is 5.94. The molecular formula is C21H19F3N6O4. The molecular weight excluding hydrogens is 457 g/mol. The van der Waals surface area contributed by atoms with Crippen molar-refractivity contribution in [3.63, 3.8) is 0 Å². The molecule has 0 bridgehead atoms. The van der Waals surface area contributed by atoms with Gasteiger partial charge in [0.1, 0.15) is 18.5 Å². The van der Waals surface area contributed by atoms with Gasteiger partial charge >= 0.3 is 6.18 Å². The third-order valence-corrected chi connectivity index (χ3v) is 4.77. The van der Waals surface area contributed by atoms with Gasteiger partial charge in [0.2, 0.25) is 5.90 Å². The van der Waals surface area contributed by atoms with Gasteiger partial charge in [-0.15, -0.1) is 0 Å². The molecule has 178 valence electrons. The molecule has 3 aromatic rings. The van der Waals surface area contributed by atoms with Crippen LogP contribution in [0.3, 0.4) is 0 Å². The lowest BCUT2D eigenvalue weighted by Gasteiger charge is -2.18. The number of imidazole rings is 1. The minimum atomic E-state index is -4.57. The maximum atomic E-state index is 13.4. The zero-order valence-corrected chi connectivity index (χ0v) is 17.5. The lowest BCUT2D eigenvalue weighted by molar-refractivity contribution is -0.137. The smallest absolute Gasteiger partial charge is 0.417 e. The molecule has 1 unspecified atom stereocenters. The van der Waals surface area contributed by atoms with Gasteiger partial charge in [0.15, 0.2) is 11.3 Å². The van der Waals surface area contributed by atoms with Crippen LogP contribution in [0.5, 0.6) is 0 Å². The second-order valence-electron chi connectivity index (χ2n) is 7.20. The van der Waals surface area contributed by atoms with Gasteiger partial charge in [-0.25, -0.2) is 14.5 Å². The molecule has 1 aliphatic rings. The maximum Gasteiger partial charge on any atom is 0.417 e. The van der Waals surface area contributed by atoms with Crippen molar-refractivity contribution in [1.82, 2.24) is 25.2 Å². The average Bonchev–Trinajstić information content (AvgIpc) is 3.26. The number of alkyl halides is 3. The summed E-state index contributed by atoms with van der Waals surface area (Å²) in [7, 11) is 0. The van der Waals surface area contributed by atoms with E-state index in [9.17, 15) is 23.1 Å². The van der Waals surface area contributed by atoms with Crippen LogP contribution in [0, 0.1) is 0 Å². The summed E-state index contributed by atoms with van der Waals surface area (Å²) in [6.45, 7) is -0.470. The van der Waals surface area contributed by atoms with Crippen molar-refractivity contribution in [3.8, 4) is 11.3 Å². The Morgan fingerprint density at radius 2 is 2.06 bits per heavy atom. The number of aliphatic hydroxyl groups is 2. The molecule has 0 aliphatic carbocycles. The van der Waals surface area contributed by atoms with Gasteiger partial charge in [0.25, 0.3) is 5.91 Å². The standard InChI is InChI=1S/C21H19F3N6O4/c22-21(23,24)14-4-2-1-3-13(14)15-5-6-18-26-7-16(30(18)29-15)20(33)28-17-8-27-19(9-25-17)34-11-12(32)10-31/h1-8,12,25,31-32H,9-11H2,(H,28,33). The first kappa shape index (κ1) is 23.2. The number of hydrogen-bond acceptors (Lipinski definition) is 8. The van der Waals surface area contributed by atoms with Crippen LogP contribution < -0.4 is 10.6 Å². The van der Waals surface area contributed by atoms with E-state index >= 15 is 0 Å². The van der Waals surface area contributed by atoms with Crippen LogP contribution >= 0.6 is 0 Å². The topological polar surface area (TPSA) is 133 Å². The number of aliphatic hydroxyl groups excluding tert-OH is 2. The largest absolute Gasteiger partial charge is 0.477 e. The monoisotopic (exact) mass is 476 g/mol. The van der Waals surface area contributed by atoms with Crippen molar-refractivity contribution in [2.45, 2.75) is 12.3 Å². The summed E-state index contributed by atoms with van der Waals surface area (Å²) >= 11 is 0. The zero-order valence-electron chi connectivity index (χ0n) is 17.5. The molecule has 0 fully saturated rings. The molecule has 10 nitrogen and oxygen atoms in total. The molecule has 1 aliphatic heterocycles. The Labute approximate surface area is 190 Å². The quantitative estimate of drug-likeness (QED) is 0.422. The first-order valence-electron chi connectivity index (χ1n) is 10.0. The molecule has 4 N–H and O–H groups in total. The van der Waals surface area contributed by atoms with Gasteiger partial charge in [0.05, 0.1) is 36.8 Å². The Hall–Kier alpha value is -3.97. The van der Waals surface area contributed by atoms with Crippen LogP contribution in [0.4, 0.5) is 13.2 Å². The Kier molecular flexibility index (Phi) is 6.47. The molecule has 0 spiro atoms. The van der Waals surface area contributed by atoms with E-state index in [2.05, 4.69) is 25.7 Å². The van der Waals surface area contributed by atoms with Crippen LogP contribution in [-0.4, -0.2) is 62.5 Å². The number of benzene rings is 1. The minimum Gasteiger partial charge on any atom is -0.477 e. The van der Waals surface area contributed by atoms with Crippen LogP contribution in [0.2, 0.25) is 0 Å². The van der Waals surface area contributed by atoms with Crippen LogP contribution in [0.25, 0.3) is 16.9 Å². The lowest BCUT2D eigenvalue weighted by atomic mass is 10.0. The SMILES string of the molecule is O=C(NC1=CN=C(OCC(O)CO)CN1)c1cnc2ccc(-c3ccccc3C(F)(F)F)nn12. The second kappa shape index (κ2) is 9.49. The fourth-order valence-corrected chi connectivity index (χ4v) is 3.12. The second-order valence-corrected chi connectivity index (χ2v) is 7.20. The molecule has 0 radical (unpaired) electrons. The van der Waals surface area contributed by atoms with E-state index in [1.807, 2.05) is 0 Å². The van der Waals surface area contributed by atoms with Gasteiger partial charge in [-0.05, 0) is 18.2 Å². The molecule has 1 aromatic carbocycles. The molecule has 34 heavy (non-hydrogen) atoms. The Bertz CT molecular complexity index is 1270. The van der Waals surface area contributed by atoms with Crippen molar-refractivity contribution in [2.75, 3.05) is 19.8 Å². The van der Waals surface area contributed by atoms with Crippen LogP contribution in [-0.2, 0) is 10.9 Å². The molecule has 0 saturated heterocycles. The molecule has 4 rings (SSSR count). The highest BCUT2D eigenvalue weighted by atomic mass is 19.4. The Morgan fingerprint density at radius 1 is 1.26 bits per heavy atom. The number of rotatable bonds is 6. The van der Waals surface area contributed by atoms with Gasteiger partial charge < -0.3 is 25.6 Å². The van der Waals surface area contributed by atoms with E-state index in [0.717, 1.165) is 10.6 Å². The third kappa shape index (κ3) is 5.00. The number of nitrogens with zero attached hydrogens (tertiary/aromatic N) is 4. The first-order valence-corrected chi connectivity index (χ1v) is 10.0. The highest BCUT2D eigenvalue weighted by Crippen LogP contribution is 2.36. The van der Waals surface area contributed by atoms with E-state index in [1.54, 1.807) is 0 Å². The van der Waals surface area contributed by atoms with Gasteiger partial charge in [-0.3, -0.25) is 4.79 Å². The number of halogens is 3. The fraction of sp³-hybridized carbons (Fsp3) is 0.238. The number of aromatic nitrogens is 3. The summed E-state index contributed by atoms with van der Waals surface area (Å²) in [5.41, 5.74) is -0.658. The summed E-state index contributed by atoms with van der Waals surface area (Å²) in [5, 5.41) is 27.8.